The van der Waals surface area contributed by atoms with Gasteiger partial charge in [-0.2, -0.15) is 5.10 Å². The van der Waals surface area contributed by atoms with Gasteiger partial charge in [0.2, 0.25) is 0 Å². The Morgan fingerprint density at radius 3 is 2.83 bits per heavy atom. The summed E-state index contributed by atoms with van der Waals surface area (Å²) in [6, 6.07) is 9.89. The second kappa shape index (κ2) is 7.27. The van der Waals surface area contributed by atoms with Crippen LogP contribution in [0.15, 0.2) is 48.1 Å². The van der Waals surface area contributed by atoms with Gasteiger partial charge in [-0.15, -0.1) is 11.3 Å². The minimum atomic E-state index is -0.181. The van der Waals surface area contributed by atoms with Crippen molar-refractivity contribution in [3.05, 3.63) is 64.4 Å². The molecule has 0 fully saturated rings. The van der Waals surface area contributed by atoms with Crippen LogP contribution in [-0.2, 0) is 13.1 Å². The molecule has 0 bridgehead atoms. The van der Waals surface area contributed by atoms with E-state index in [9.17, 15) is 4.79 Å². The fourth-order valence-electron chi connectivity index (χ4n) is 2.30. The molecular weight excluding hydrogens is 322 g/mol. The lowest BCUT2D eigenvalue weighted by molar-refractivity contribution is 0.220. The number of hydrogen-bond donors (Lipinski definition) is 1. The molecule has 0 saturated carbocycles. The van der Waals surface area contributed by atoms with E-state index in [1.807, 2.05) is 48.8 Å². The lowest BCUT2D eigenvalue weighted by Gasteiger charge is -2.15. The maximum atomic E-state index is 12.2. The first-order valence-electron chi connectivity index (χ1n) is 7.59. The number of nitrogens with zero attached hydrogens (tertiary/aromatic N) is 4. The first-order valence-corrected chi connectivity index (χ1v) is 8.47. The van der Waals surface area contributed by atoms with E-state index in [0.29, 0.717) is 18.8 Å². The summed E-state index contributed by atoms with van der Waals surface area (Å²) in [4.78, 5) is 18.2. The smallest absolute Gasteiger partial charge is 0.322 e. The van der Waals surface area contributed by atoms with Gasteiger partial charge in [-0.25, -0.2) is 9.78 Å². The monoisotopic (exact) mass is 341 g/mol. The van der Waals surface area contributed by atoms with E-state index in [0.717, 1.165) is 16.3 Å². The molecule has 24 heavy (non-hydrogen) atoms. The molecule has 0 atom stereocenters. The highest BCUT2D eigenvalue weighted by Gasteiger charge is 2.12. The number of urea groups is 1. The third kappa shape index (κ3) is 4.20. The van der Waals surface area contributed by atoms with Crippen molar-refractivity contribution < 1.29 is 4.79 Å². The predicted octanol–water partition coefficient (Wildman–Crippen LogP) is 3.36. The molecule has 0 saturated heterocycles. The van der Waals surface area contributed by atoms with Gasteiger partial charge in [0.25, 0.3) is 0 Å². The first kappa shape index (κ1) is 16.2. The van der Waals surface area contributed by atoms with Gasteiger partial charge in [0, 0.05) is 18.6 Å². The van der Waals surface area contributed by atoms with E-state index in [4.69, 9.17) is 0 Å². The van der Waals surface area contributed by atoms with Crippen molar-refractivity contribution in [3.8, 4) is 0 Å². The second-order valence-corrected chi connectivity index (χ2v) is 6.62. The Morgan fingerprint density at radius 1 is 1.33 bits per heavy atom. The van der Waals surface area contributed by atoms with Crippen molar-refractivity contribution in [2.75, 3.05) is 12.4 Å². The molecule has 3 aromatic rings. The predicted molar refractivity (Wildman–Crippen MR) is 95.1 cm³/mol. The zero-order valence-corrected chi connectivity index (χ0v) is 14.5. The maximum absolute atomic E-state index is 12.2. The van der Waals surface area contributed by atoms with Gasteiger partial charge in [0.15, 0.2) is 0 Å². The van der Waals surface area contributed by atoms with Crippen molar-refractivity contribution in [2.45, 2.75) is 20.0 Å². The molecule has 0 spiro atoms. The van der Waals surface area contributed by atoms with Gasteiger partial charge < -0.3 is 10.2 Å². The van der Waals surface area contributed by atoms with Crippen LogP contribution in [0, 0.1) is 6.92 Å². The number of nitrogens with one attached hydrogen (secondary N) is 1. The lowest BCUT2D eigenvalue weighted by atomic mass is 10.2. The largest absolute Gasteiger partial charge is 0.322 e. The highest BCUT2D eigenvalue weighted by atomic mass is 32.1. The van der Waals surface area contributed by atoms with Gasteiger partial charge in [-0.05, 0) is 12.5 Å². The standard InChI is InChI=1S/C17H19N5OS/c1-13-19-16(12-24-13)10-21(2)17(23)20-15-8-18-22(11-15)9-14-6-4-3-5-7-14/h3-8,11-12H,9-10H2,1-2H3,(H,20,23). The number of amides is 2. The average molecular weight is 341 g/mol. The Morgan fingerprint density at radius 2 is 2.12 bits per heavy atom. The Balaban J connectivity index is 1.56. The molecule has 1 N–H and O–H groups in total. The molecule has 0 aliphatic heterocycles. The third-order valence-electron chi connectivity index (χ3n) is 3.48. The minimum absolute atomic E-state index is 0.181. The Hall–Kier alpha value is -2.67. The van der Waals surface area contributed by atoms with E-state index in [-0.39, 0.29) is 6.03 Å². The number of anilines is 1. The fraction of sp³-hybridized carbons (Fsp3) is 0.235. The van der Waals surface area contributed by atoms with Gasteiger partial charge in [-0.1, -0.05) is 30.3 Å². The van der Waals surface area contributed by atoms with Crippen LogP contribution in [0.5, 0.6) is 0 Å². The van der Waals surface area contributed by atoms with E-state index >= 15 is 0 Å². The number of rotatable bonds is 5. The summed E-state index contributed by atoms with van der Waals surface area (Å²) >= 11 is 1.58. The number of thiazole rings is 1. The van der Waals surface area contributed by atoms with Crippen molar-refractivity contribution in [2.24, 2.45) is 0 Å². The second-order valence-electron chi connectivity index (χ2n) is 5.56. The van der Waals surface area contributed by atoms with E-state index in [1.54, 1.807) is 34.2 Å². The number of benzene rings is 1. The molecule has 1 aromatic carbocycles. The molecule has 2 heterocycles. The molecule has 7 heteroatoms. The summed E-state index contributed by atoms with van der Waals surface area (Å²) in [5.74, 6) is 0. The molecule has 0 aliphatic rings. The molecular formula is C17H19N5OS. The fourth-order valence-corrected chi connectivity index (χ4v) is 2.90. The van der Waals surface area contributed by atoms with Crippen LogP contribution < -0.4 is 5.32 Å². The number of hydrogen-bond acceptors (Lipinski definition) is 4. The van der Waals surface area contributed by atoms with Crippen LogP contribution in [0.4, 0.5) is 10.5 Å². The topological polar surface area (TPSA) is 63.1 Å². The van der Waals surface area contributed by atoms with Crippen LogP contribution in [0.25, 0.3) is 0 Å². The molecule has 2 amide bonds. The molecule has 0 unspecified atom stereocenters. The normalized spacial score (nSPS) is 10.6. The SMILES string of the molecule is Cc1nc(CN(C)C(=O)Nc2cnn(Cc3ccccc3)c2)cs1. The van der Waals surface area contributed by atoms with E-state index in [2.05, 4.69) is 15.4 Å². The summed E-state index contributed by atoms with van der Waals surface area (Å²) in [6.07, 6.45) is 3.48. The summed E-state index contributed by atoms with van der Waals surface area (Å²) in [7, 11) is 1.75. The molecule has 124 valence electrons. The summed E-state index contributed by atoms with van der Waals surface area (Å²) < 4.78 is 1.80. The van der Waals surface area contributed by atoms with Gasteiger partial charge in [-0.3, -0.25) is 4.68 Å². The summed E-state index contributed by atoms with van der Waals surface area (Å²) in [6.45, 7) is 3.11. The summed E-state index contributed by atoms with van der Waals surface area (Å²) in [5.41, 5.74) is 2.74. The molecule has 0 radical (unpaired) electrons. The molecule has 3 rings (SSSR count). The van der Waals surface area contributed by atoms with Crippen LogP contribution in [0.2, 0.25) is 0 Å². The highest BCUT2D eigenvalue weighted by molar-refractivity contribution is 7.09. The van der Waals surface area contributed by atoms with Crippen molar-refractivity contribution in [1.29, 1.82) is 0 Å². The van der Waals surface area contributed by atoms with Crippen LogP contribution in [-0.4, -0.2) is 32.7 Å². The van der Waals surface area contributed by atoms with Gasteiger partial charge in [0.05, 0.1) is 35.7 Å². The highest BCUT2D eigenvalue weighted by Crippen LogP contribution is 2.12. The third-order valence-corrected chi connectivity index (χ3v) is 4.31. The molecule has 0 aliphatic carbocycles. The zero-order valence-electron chi connectivity index (χ0n) is 13.6. The number of aromatic nitrogens is 3. The summed E-state index contributed by atoms with van der Waals surface area (Å²) in [5, 5.41) is 10.1. The number of carbonyl (C=O) groups excluding carboxylic acids is 1. The molecule has 2 aromatic heterocycles. The zero-order chi connectivity index (χ0) is 16.9. The Kier molecular flexibility index (Phi) is 4.90. The Labute approximate surface area is 144 Å². The van der Waals surface area contributed by atoms with Crippen molar-refractivity contribution >= 4 is 23.1 Å². The Bertz CT molecular complexity index is 811. The lowest BCUT2D eigenvalue weighted by Crippen LogP contribution is -2.30. The van der Waals surface area contributed by atoms with E-state index in [1.165, 1.54) is 0 Å². The van der Waals surface area contributed by atoms with Crippen LogP contribution in [0.3, 0.4) is 0 Å². The van der Waals surface area contributed by atoms with Crippen LogP contribution in [0.1, 0.15) is 16.3 Å². The van der Waals surface area contributed by atoms with Gasteiger partial charge >= 0.3 is 6.03 Å². The number of carbonyl (C=O) groups is 1. The quantitative estimate of drug-likeness (QED) is 0.774. The first-order chi connectivity index (χ1) is 11.6. The number of aryl methyl sites for hydroxylation is 1. The van der Waals surface area contributed by atoms with Crippen molar-refractivity contribution in [3.63, 3.8) is 0 Å². The van der Waals surface area contributed by atoms with Crippen LogP contribution >= 0.6 is 11.3 Å². The minimum Gasteiger partial charge on any atom is -0.322 e. The average Bonchev–Trinajstić information content (AvgIpc) is 3.17. The van der Waals surface area contributed by atoms with Gasteiger partial charge in [0.1, 0.15) is 0 Å². The van der Waals surface area contributed by atoms with Crippen molar-refractivity contribution in [1.82, 2.24) is 19.7 Å². The van der Waals surface area contributed by atoms with E-state index < -0.39 is 0 Å². The molecule has 6 nitrogen and oxygen atoms in total. The maximum Gasteiger partial charge on any atom is 0.322 e.